The van der Waals surface area contributed by atoms with Gasteiger partial charge in [-0.1, -0.05) is 12.1 Å². The average Bonchev–Trinajstić information content (AvgIpc) is 2.38. The molecule has 1 aromatic rings. The summed E-state index contributed by atoms with van der Waals surface area (Å²) < 4.78 is 23.3. The van der Waals surface area contributed by atoms with Gasteiger partial charge in [0.25, 0.3) is 0 Å². The molecule has 1 fully saturated rings. The minimum atomic E-state index is -0.200. The third-order valence-corrected chi connectivity index (χ3v) is 2.99. The highest BCUT2D eigenvalue weighted by Gasteiger charge is 2.15. The van der Waals surface area contributed by atoms with Gasteiger partial charge < -0.3 is 14.8 Å². The number of ether oxygens (including phenoxy) is 2. The molecule has 0 saturated carbocycles. The number of nitrogens with one attached hydrogen (secondary N) is 1. The highest BCUT2D eigenvalue weighted by atomic mass is 19.1. The quantitative estimate of drug-likeness (QED) is 0.874. The van der Waals surface area contributed by atoms with E-state index in [1.165, 1.54) is 12.1 Å². The Morgan fingerprint density at radius 3 is 2.82 bits per heavy atom. The van der Waals surface area contributed by atoms with Gasteiger partial charge in [0, 0.05) is 12.6 Å². The highest BCUT2D eigenvalue weighted by Crippen LogP contribution is 2.13. The Bertz CT molecular complexity index is 336. The summed E-state index contributed by atoms with van der Waals surface area (Å²) >= 11 is 0. The van der Waals surface area contributed by atoms with Crippen LogP contribution in [0.1, 0.15) is 24.9 Å². The number of benzene rings is 1. The minimum absolute atomic E-state index is 0.196. The molecule has 1 heterocycles. The van der Waals surface area contributed by atoms with E-state index in [0.29, 0.717) is 6.79 Å². The summed E-state index contributed by atoms with van der Waals surface area (Å²) in [6, 6.07) is 6.77. The van der Waals surface area contributed by atoms with Crippen LogP contribution in [0, 0.1) is 5.82 Å². The molecule has 3 nitrogen and oxygen atoms in total. The first kappa shape index (κ1) is 12.5. The predicted molar refractivity (Wildman–Crippen MR) is 63.1 cm³/mol. The van der Waals surface area contributed by atoms with Crippen LogP contribution in [0.2, 0.25) is 0 Å². The van der Waals surface area contributed by atoms with Crippen molar-refractivity contribution in [3.63, 3.8) is 0 Å². The lowest BCUT2D eigenvalue weighted by Gasteiger charge is -2.25. The standard InChI is InChI=1S/C13H18FNO2/c1-10(11-2-4-12(14)5-3-11)15-8-13-6-7-16-9-17-13/h2-5,10,13,15H,6-9H2,1H3. The van der Waals surface area contributed by atoms with E-state index >= 15 is 0 Å². The zero-order valence-electron chi connectivity index (χ0n) is 9.99. The topological polar surface area (TPSA) is 30.5 Å². The second kappa shape index (κ2) is 6.10. The predicted octanol–water partition coefficient (Wildman–Crippen LogP) is 2.24. The molecule has 1 saturated heterocycles. The molecule has 1 aromatic carbocycles. The van der Waals surface area contributed by atoms with E-state index in [4.69, 9.17) is 9.47 Å². The van der Waals surface area contributed by atoms with Gasteiger partial charge in [-0.05, 0) is 31.0 Å². The van der Waals surface area contributed by atoms with Crippen molar-refractivity contribution in [1.29, 1.82) is 0 Å². The maximum absolute atomic E-state index is 12.8. The summed E-state index contributed by atoms with van der Waals surface area (Å²) in [7, 11) is 0. The number of hydrogen-bond acceptors (Lipinski definition) is 3. The third kappa shape index (κ3) is 3.77. The molecular formula is C13H18FNO2. The van der Waals surface area contributed by atoms with Crippen LogP contribution >= 0.6 is 0 Å². The smallest absolute Gasteiger partial charge is 0.147 e. The number of halogens is 1. The van der Waals surface area contributed by atoms with Crippen LogP contribution in [0.5, 0.6) is 0 Å². The summed E-state index contributed by atoms with van der Waals surface area (Å²) in [4.78, 5) is 0. The van der Waals surface area contributed by atoms with Crippen molar-refractivity contribution in [3.8, 4) is 0 Å². The number of hydrogen-bond donors (Lipinski definition) is 1. The second-order valence-corrected chi connectivity index (χ2v) is 4.28. The van der Waals surface area contributed by atoms with E-state index < -0.39 is 0 Å². The number of rotatable bonds is 4. The lowest BCUT2D eigenvalue weighted by Crippen LogP contribution is -2.35. The monoisotopic (exact) mass is 239 g/mol. The van der Waals surface area contributed by atoms with Crippen LogP contribution in [-0.4, -0.2) is 26.0 Å². The third-order valence-electron chi connectivity index (χ3n) is 2.99. The van der Waals surface area contributed by atoms with Crippen molar-refractivity contribution in [1.82, 2.24) is 5.32 Å². The van der Waals surface area contributed by atoms with Crippen LogP contribution in [0.4, 0.5) is 4.39 Å². The van der Waals surface area contributed by atoms with Crippen LogP contribution in [-0.2, 0) is 9.47 Å². The van der Waals surface area contributed by atoms with Crippen molar-refractivity contribution >= 4 is 0 Å². The fraction of sp³-hybridized carbons (Fsp3) is 0.538. The minimum Gasteiger partial charge on any atom is -0.355 e. The van der Waals surface area contributed by atoms with E-state index in [0.717, 1.165) is 25.1 Å². The van der Waals surface area contributed by atoms with Gasteiger partial charge in [-0.3, -0.25) is 0 Å². The Balaban J connectivity index is 1.80. The molecule has 17 heavy (non-hydrogen) atoms. The van der Waals surface area contributed by atoms with Gasteiger partial charge in [0.2, 0.25) is 0 Å². The fourth-order valence-electron chi connectivity index (χ4n) is 1.84. The molecule has 1 N–H and O–H groups in total. The second-order valence-electron chi connectivity index (χ2n) is 4.28. The highest BCUT2D eigenvalue weighted by molar-refractivity contribution is 5.19. The van der Waals surface area contributed by atoms with Gasteiger partial charge >= 0.3 is 0 Å². The molecule has 0 aliphatic carbocycles. The van der Waals surface area contributed by atoms with Gasteiger partial charge in [0.15, 0.2) is 0 Å². The van der Waals surface area contributed by atoms with Crippen LogP contribution in [0.25, 0.3) is 0 Å². The van der Waals surface area contributed by atoms with E-state index in [2.05, 4.69) is 12.2 Å². The first-order chi connectivity index (χ1) is 8.25. The molecule has 94 valence electrons. The molecular weight excluding hydrogens is 221 g/mol. The van der Waals surface area contributed by atoms with Gasteiger partial charge in [-0.25, -0.2) is 4.39 Å². The van der Waals surface area contributed by atoms with Crippen LogP contribution in [0.15, 0.2) is 24.3 Å². The molecule has 2 rings (SSSR count). The summed E-state index contributed by atoms with van der Waals surface area (Å²) in [5, 5.41) is 3.39. The largest absolute Gasteiger partial charge is 0.355 e. The Hall–Kier alpha value is -0.970. The van der Waals surface area contributed by atoms with Gasteiger partial charge in [-0.2, -0.15) is 0 Å². The van der Waals surface area contributed by atoms with E-state index in [9.17, 15) is 4.39 Å². The first-order valence-electron chi connectivity index (χ1n) is 5.94. The van der Waals surface area contributed by atoms with Crippen molar-refractivity contribution in [2.75, 3.05) is 19.9 Å². The maximum atomic E-state index is 12.8. The Morgan fingerprint density at radius 2 is 2.18 bits per heavy atom. The van der Waals surface area contributed by atoms with Gasteiger partial charge in [0.1, 0.15) is 12.6 Å². The molecule has 0 amide bonds. The molecule has 0 aromatic heterocycles. The van der Waals surface area contributed by atoms with Crippen molar-refractivity contribution in [3.05, 3.63) is 35.6 Å². The van der Waals surface area contributed by atoms with Crippen molar-refractivity contribution < 1.29 is 13.9 Å². The van der Waals surface area contributed by atoms with Crippen LogP contribution < -0.4 is 5.32 Å². The fourth-order valence-corrected chi connectivity index (χ4v) is 1.84. The molecule has 2 unspecified atom stereocenters. The van der Waals surface area contributed by atoms with Crippen LogP contribution in [0.3, 0.4) is 0 Å². The summed E-state index contributed by atoms with van der Waals surface area (Å²) in [6.45, 7) is 4.00. The zero-order chi connectivity index (χ0) is 12.1. The van der Waals surface area contributed by atoms with E-state index in [-0.39, 0.29) is 18.0 Å². The SMILES string of the molecule is CC(NCC1CCOCO1)c1ccc(F)cc1. The molecule has 1 aliphatic heterocycles. The lowest BCUT2D eigenvalue weighted by atomic mass is 10.1. The Labute approximate surface area is 101 Å². The lowest BCUT2D eigenvalue weighted by molar-refractivity contribution is -0.137. The Morgan fingerprint density at radius 1 is 1.41 bits per heavy atom. The molecule has 2 atom stereocenters. The molecule has 0 spiro atoms. The zero-order valence-corrected chi connectivity index (χ0v) is 9.99. The Kier molecular flexibility index (Phi) is 4.48. The summed E-state index contributed by atoms with van der Waals surface area (Å²) in [5.74, 6) is -0.200. The van der Waals surface area contributed by atoms with Crippen molar-refractivity contribution in [2.45, 2.75) is 25.5 Å². The van der Waals surface area contributed by atoms with Gasteiger partial charge in [0.05, 0.1) is 12.7 Å². The van der Waals surface area contributed by atoms with E-state index in [1.807, 2.05) is 0 Å². The summed E-state index contributed by atoms with van der Waals surface area (Å²) in [5.41, 5.74) is 1.08. The molecule has 0 radical (unpaired) electrons. The average molecular weight is 239 g/mol. The van der Waals surface area contributed by atoms with Gasteiger partial charge in [-0.15, -0.1) is 0 Å². The summed E-state index contributed by atoms with van der Waals surface area (Å²) in [6.07, 6.45) is 1.13. The first-order valence-corrected chi connectivity index (χ1v) is 5.94. The molecule has 4 heteroatoms. The molecule has 1 aliphatic rings. The maximum Gasteiger partial charge on any atom is 0.147 e. The normalized spacial score (nSPS) is 22.4. The van der Waals surface area contributed by atoms with E-state index in [1.54, 1.807) is 12.1 Å². The van der Waals surface area contributed by atoms with Crippen molar-refractivity contribution in [2.24, 2.45) is 0 Å². The molecule has 0 bridgehead atoms.